The SMILES string of the molecule is N#Cc1cc(Nc2ccc(Cl)cc2C(F)(F)F)ccc1N. The average molecular weight is 312 g/mol. The number of nitrogens with one attached hydrogen (secondary N) is 1. The smallest absolute Gasteiger partial charge is 0.398 e. The third-order valence-corrected chi connectivity index (χ3v) is 2.97. The molecule has 0 fully saturated rings. The van der Waals surface area contributed by atoms with E-state index in [4.69, 9.17) is 22.6 Å². The molecule has 0 aromatic heterocycles. The summed E-state index contributed by atoms with van der Waals surface area (Å²) in [5, 5.41) is 11.5. The molecule has 2 rings (SSSR count). The number of nitriles is 1. The van der Waals surface area contributed by atoms with Crippen LogP contribution in [0.3, 0.4) is 0 Å². The predicted molar refractivity (Wildman–Crippen MR) is 75.3 cm³/mol. The number of hydrogen-bond acceptors (Lipinski definition) is 3. The zero-order valence-corrected chi connectivity index (χ0v) is 11.3. The van der Waals surface area contributed by atoms with Crippen molar-refractivity contribution in [1.29, 1.82) is 5.26 Å². The van der Waals surface area contributed by atoms with Crippen LogP contribution in [-0.2, 0) is 6.18 Å². The minimum Gasteiger partial charge on any atom is -0.398 e. The van der Waals surface area contributed by atoms with Crippen LogP contribution in [0, 0.1) is 11.3 Å². The second-order valence-corrected chi connectivity index (χ2v) is 4.66. The van der Waals surface area contributed by atoms with Crippen molar-refractivity contribution in [2.24, 2.45) is 0 Å². The van der Waals surface area contributed by atoms with E-state index in [2.05, 4.69) is 5.32 Å². The molecule has 0 spiro atoms. The molecule has 108 valence electrons. The van der Waals surface area contributed by atoms with Gasteiger partial charge in [0, 0.05) is 16.4 Å². The minimum absolute atomic E-state index is 0.0112. The largest absolute Gasteiger partial charge is 0.418 e. The maximum Gasteiger partial charge on any atom is 0.418 e. The van der Waals surface area contributed by atoms with Gasteiger partial charge in [-0.25, -0.2) is 0 Å². The Morgan fingerprint density at radius 2 is 1.86 bits per heavy atom. The van der Waals surface area contributed by atoms with E-state index in [9.17, 15) is 13.2 Å². The highest BCUT2D eigenvalue weighted by Crippen LogP contribution is 2.37. The monoisotopic (exact) mass is 311 g/mol. The van der Waals surface area contributed by atoms with E-state index in [-0.39, 0.29) is 22.0 Å². The Bertz CT molecular complexity index is 720. The molecular weight excluding hydrogens is 303 g/mol. The summed E-state index contributed by atoms with van der Waals surface area (Å²) >= 11 is 5.61. The summed E-state index contributed by atoms with van der Waals surface area (Å²) in [6, 6.07) is 9.60. The van der Waals surface area contributed by atoms with Crippen LogP contribution in [-0.4, -0.2) is 0 Å². The lowest BCUT2D eigenvalue weighted by atomic mass is 10.1. The maximum atomic E-state index is 13.0. The molecule has 7 heteroatoms. The molecule has 0 amide bonds. The molecule has 0 radical (unpaired) electrons. The fourth-order valence-corrected chi connectivity index (χ4v) is 1.92. The molecule has 0 aliphatic heterocycles. The Morgan fingerprint density at radius 1 is 1.14 bits per heavy atom. The molecule has 3 N–H and O–H groups in total. The molecule has 0 aliphatic rings. The number of nitrogens with two attached hydrogens (primary N) is 1. The van der Waals surface area contributed by atoms with Gasteiger partial charge in [0.25, 0.3) is 0 Å². The maximum absolute atomic E-state index is 13.0. The summed E-state index contributed by atoms with van der Waals surface area (Å²) in [4.78, 5) is 0. The highest BCUT2D eigenvalue weighted by molar-refractivity contribution is 6.30. The van der Waals surface area contributed by atoms with Gasteiger partial charge >= 0.3 is 6.18 Å². The summed E-state index contributed by atoms with van der Waals surface area (Å²) in [6.07, 6.45) is -4.54. The fourth-order valence-electron chi connectivity index (χ4n) is 1.75. The highest BCUT2D eigenvalue weighted by Gasteiger charge is 2.33. The lowest BCUT2D eigenvalue weighted by molar-refractivity contribution is -0.136. The van der Waals surface area contributed by atoms with E-state index < -0.39 is 11.7 Å². The lowest BCUT2D eigenvalue weighted by Crippen LogP contribution is -2.09. The second kappa shape index (κ2) is 5.54. The first-order valence-corrected chi connectivity index (χ1v) is 6.12. The Balaban J connectivity index is 2.43. The van der Waals surface area contributed by atoms with E-state index in [0.717, 1.165) is 6.07 Å². The van der Waals surface area contributed by atoms with E-state index in [0.29, 0.717) is 5.69 Å². The molecule has 0 unspecified atom stereocenters. The number of halogens is 4. The van der Waals surface area contributed by atoms with Crippen LogP contribution in [0.2, 0.25) is 5.02 Å². The second-order valence-electron chi connectivity index (χ2n) is 4.23. The molecule has 0 saturated carbocycles. The van der Waals surface area contributed by atoms with Crippen LogP contribution in [0.25, 0.3) is 0 Å². The number of nitrogens with zero attached hydrogens (tertiary/aromatic N) is 1. The quantitative estimate of drug-likeness (QED) is 0.799. The van der Waals surface area contributed by atoms with E-state index in [1.165, 1.54) is 30.3 Å². The van der Waals surface area contributed by atoms with E-state index >= 15 is 0 Å². The molecule has 0 aliphatic carbocycles. The van der Waals surface area contributed by atoms with Crippen molar-refractivity contribution >= 4 is 28.7 Å². The topological polar surface area (TPSA) is 61.8 Å². The first kappa shape index (κ1) is 15.0. The Morgan fingerprint density at radius 3 is 2.48 bits per heavy atom. The molecule has 0 heterocycles. The number of nitrogen functional groups attached to an aromatic ring is 1. The Labute approximate surface area is 123 Å². The highest BCUT2D eigenvalue weighted by atomic mass is 35.5. The molecule has 3 nitrogen and oxygen atoms in total. The van der Waals surface area contributed by atoms with E-state index in [1.54, 1.807) is 0 Å². The number of anilines is 3. The summed E-state index contributed by atoms with van der Waals surface area (Å²) in [6.45, 7) is 0. The van der Waals surface area contributed by atoms with E-state index in [1.807, 2.05) is 6.07 Å². The van der Waals surface area contributed by atoms with Crippen molar-refractivity contribution in [1.82, 2.24) is 0 Å². The van der Waals surface area contributed by atoms with Gasteiger partial charge in [-0.15, -0.1) is 0 Å². The van der Waals surface area contributed by atoms with Crippen LogP contribution < -0.4 is 11.1 Å². The van der Waals surface area contributed by atoms with Gasteiger partial charge in [-0.1, -0.05) is 11.6 Å². The summed E-state index contributed by atoms with van der Waals surface area (Å²) in [5.74, 6) is 0. The molecule has 0 atom stereocenters. The van der Waals surface area contributed by atoms with Crippen LogP contribution >= 0.6 is 11.6 Å². The van der Waals surface area contributed by atoms with Gasteiger partial charge in [-0.05, 0) is 36.4 Å². The van der Waals surface area contributed by atoms with Gasteiger partial charge in [0.05, 0.1) is 16.8 Å². The van der Waals surface area contributed by atoms with Crippen molar-refractivity contribution < 1.29 is 13.2 Å². The molecule has 2 aromatic carbocycles. The molecule has 21 heavy (non-hydrogen) atoms. The molecule has 2 aromatic rings. The fraction of sp³-hybridized carbons (Fsp3) is 0.0714. The van der Waals surface area contributed by atoms with Crippen LogP contribution in [0.4, 0.5) is 30.2 Å². The molecule has 0 saturated heterocycles. The van der Waals surface area contributed by atoms with Gasteiger partial charge in [0.2, 0.25) is 0 Å². The third-order valence-electron chi connectivity index (χ3n) is 2.74. The van der Waals surface area contributed by atoms with Gasteiger partial charge in [-0.2, -0.15) is 18.4 Å². The van der Waals surface area contributed by atoms with Crippen LogP contribution in [0.15, 0.2) is 36.4 Å². The van der Waals surface area contributed by atoms with Gasteiger partial charge in [0.1, 0.15) is 6.07 Å². The predicted octanol–water partition coefficient (Wildman–Crippen LogP) is 4.56. The first-order chi connectivity index (χ1) is 9.81. The van der Waals surface area contributed by atoms with Crippen molar-refractivity contribution in [3.63, 3.8) is 0 Å². The number of benzene rings is 2. The van der Waals surface area contributed by atoms with Gasteiger partial charge < -0.3 is 11.1 Å². The molecular formula is C14H9ClF3N3. The van der Waals surface area contributed by atoms with Crippen molar-refractivity contribution in [3.8, 4) is 6.07 Å². The number of hydrogen-bond donors (Lipinski definition) is 2. The molecule has 0 bridgehead atoms. The minimum atomic E-state index is -4.54. The van der Waals surface area contributed by atoms with Crippen LogP contribution in [0.5, 0.6) is 0 Å². The van der Waals surface area contributed by atoms with Crippen LogP contribution in [0.1, 0.15) is 11.1 Å². The van der Waals surface area contributed by atoms with Crippen molar-refractivity contribution in [2.45, 2.75) is 6.18 Å². The number of rotatable bonds is 2. The normalized spacial score (nSPS) is 11.0. The lowest BCUT2D eigenvalue weighted by Gasteiger charge is -2.15. The summed E-state index contributed by atoms with van der Waals surface area (Å²) in [7, 11) is 0. The summed E-state index contributed by atoms with van der Waals surface area (Å²) < 4.78 is 38.9. The Hall–Kier alpha value is -2.39. The third kappa shape index (κ3) is 3.38. The van der Waals surface area contributed by atoms with Crippen molar-refractivity contribution in [2.75, 3.05) is 11.1 Å². The van der Waals surface area contributed by atoms with Gasteiger partial charge in [0.15, 0.2) is 0 Å². The zero-order valence-electron chi connectivity index (χ0n) is 10.5. The standard InChI is InChI=1S/C14H9ClF3N3/c15-9-1-4-13(11(6-9)14(16,17)18)21-10-2-3-12(20)8(5-10)7-19/h1-6,21H,20H2. The average Bonchev–Trinajstić information content (AvgIpc) is 2.41. The van der Waals surface area contributed by atoms with Gasteiger partial charge in [-0.3, -0.25) is 0 Å². The first-order valence-electron chi connectivity index (χ1n) is 5.74. The Kier molecular flexibility index (Phi) is 3.96. The summed E-state index contributed by atoms with van der Waals surface area (Å²) in [5.41, 5.74) is 5.30. The number of alkyl halides is 3. The zero-order chi connectivity index (χ0) is 15.6. The van der Waals surface area contributed by atoms with Crippen molar-refractivity contribution in [3.05, 3.63) is 52.5 Å².